The lowest BCUT2D eigenvalue weighted by Gasteiger charge is -2.35. The Bertz CT molecular complexity index is 747. The normalized spacial score (nSPS) is 54.0. The fraction of sp³-hybridized carbons (Fsp3) is 0.750. The van der Waals surface area contributed by atoms with Crippen molar-refractivity contribution in [3.05, 3.63) is 24.3 Å². The van der Waals surface area contributed by atoms with Gasteiger partial charge in [-0.2, -0.15) is 0 Å². The molecule has 4 aliphatic carbocycles. The molecule has 146 valence electrons. The van der Waals surface area contributed by atoms with Crippen molar-refractivity contribution in [3.8, 4) is 0 Å². The van der Waals surface area contributed by atoms with E-state index >= 15 is 0 Å². The molecule has 4 saturated carbocycles. The van der Waals surface area contributed by atoms with E-state index in [9.17, 15) is 9.59 Å². The second-order valence-corrected chi connectivity index (χ2v) is 10.4. The first-order chi connectivity index (χ1) is 12.9. The van der Waals surface area contributed by atoms with Crippen molar-refractivity contribution < 1.29 is 14.3 Å². The number of hydrogen-bond acceptors (Lipinski definition) is 3. The maximum absolute atomic E-state index is 12.3. The van der Waals surface area contributed by atoms with Crippen LogP contribution in [0.5, 0.6) is 0 Å². The zero-order valence-electron chi connectivity index (χ0n) is 16.9. The molecular weight excluding hydrogens is 336 g/mol. The lowest BCUT2D eigenvalue weighted by atomic mass is 9.69. The SMILES string of the molecule is C=CC1CC(/C=C2\CC3CC2C(C)C32CC2(C)CCC)C2C(=O)OC(=O)C12. The summed E-state index contributed by atoms with van der Waals surface area (Å²) in [7, 11) is 0. The maximum atomic E-state index is 12.3. The lowest BCUT2D eigenvalue weighted by Crippen LogP contribution is -2.28. The minimum atomic E-state index is -0.329. The molecule has 0 N–H and O–H groups in total. The summed E-state index contributed by atoms with van der Waals surface area (Å²) < 4.78 is 4.98. The van der Waals surface area contributed by atoms with Crippen molar-refractivity contribution in [1.82, 2.24) is 0 Å². The standard InChI is InChI=1S/C24H32O3/c1-5-7-23(4)12-24(23)13(3)18-11-17(24)10-15(18)9-16-8-14(6-2)19-20(16)22(26)27-21(19)25/h6,9,13-14,16-20H,2,5,7-8,10-12H2,1,3-4H3/b15-9+. The quantitative estimate of drug-likeness (QED) is 0.402. The number of cyclic esters (lactones) is 2. The van der Waals surface area contributed by atoms with Crippen molar-refractivity contribution in [2.24, 2.45) is 52.3 Å². The summed E-state index contributed by atoms with van der Waals surface area (Å²) >= 11 is 0. The van der Waals surface area contributed by atoms with E-state index in [1.807, 2.05) is 6.08 Å². The number of carbonyl (C=O) groups is 2. The highest BCUT2D eigenvalue weighted by Crippen LogP contribution is 2.82. The molecule has 3 heteroatoms. The Kier molecular flexibility index (Phi) is 3.66. The van der Waals surface area contributed by atoms with Gasteiger partial charge in [0.25, 0.3) is 0 Å². The van der Waals surface area contributed by atoms with E-state index in [1.165, 1.54) is 32.1 Å². The average molecular weight is 369 g/mol. The summed E-state index contributed by atoms with van der Waals surface area (Å²) in [6.45, 7) is 11.2. The molecule has 0 amide bonds. The molecule has 27 heavy (non-hydrogen) atoms. The van der Waals surface area contributed by atoms with Crippen molar-refractivity contribution in [1.29, 1.82) is 0 Å². The minimum absolute atomic E-state index is 0.0782. The van der Waals surface area contributed by atoms with Gasteiger partial charge < -0.3 is 4.74 Å². The summed E-state index contributed by atoms with van der Waals surface area (Å²) in [5, 5.41) is 0. The van der Waals surface area contributed by atoms with E-state index in [0.29, 0.717) is 16.7 Å². The third-order valence-corrected chi connectivity index (χ3v) is 9.45. The van der Waals surface area contributed by atoms with Crippen LogP contribution in [0.1, 0.15) is 59.3 Å². The van der Waals surface area contributed by atoms with E-state index in [0.717, 1.165) is 18.3 Å². The first-order valence-electron chi connectivity index (χ1n) is 10.9. The smallest absolute Gasteiger partial charge is 0.318 e. The highest BCUT2D eigenvalue weighted by Gasteiger charge is 2.74. The number of esters is 2. The predicted molar refractivity (Wildman–Crippen MR) is 103 cm³/mol. The molecule has 5 rings (SSSR count). The van der Waals surface area contributed by atoms with Gasteiger partial charge in [0.2, 0.25) is 0 Å². The number of allylic oxidation sites excluding steroid dienone is 3. The monoisotopic (exact) mass is 368 g/mol. The topological polar surface area (TPSA) is 43.4 Å². The van der Waals surface area contributed by atoms with Gasteiger partial charge in [0.15, 0.2) is 0 Å². The molecule has 5 fully saturated rings. The summed E-state index contributed by atoms with van der Waals surface area (Å²) in [5.74, 6) is 1.28. The van der Waals surface area contributed by atoms with E-state index in [1.54, 1.807) is 5.57 Å². The Morgan fingerprint density at radius 1 is 1.19 bits per heavy atom. The molecule has 0 aromatic carbocycles. The Morgan fingerprint density at radius 3 is 2.52 bits per heavy atom. The van der Waals surface area contributed by atoms with Gasteiger partial charge in [0.1, 0.15) is 0 Å². The molecule has 1 saturated heterocycles. The average Bonchev–Trinajstić information content (AvgIpc) is 3.04. The molecule has 0 radical (unpaired) electrons. The first-order valence-corrected chi connectivity index (χ1v) is 10.9. The zero-order chi connectivity index (χ0) is 19.1. The van der Waals surface area contributed by atoms with Gasteiger partial charge in [-0.25, -0.2) is 0 Å². The Hall–Kier alpha value is -1.38. The molecule has 0 aromatic rings. The minimum Gasteiger partial charge on any atom is -0.393 e. The van der Waals surface area contributed by atoms with E-state index in [-0.39, 0.29) is 35.6 Å². The maximum Gasteiger partial charge on any atom is 0.318 e. The molecule has 3 nitrogen and oxygen atoms in total. The molecule has 1 aliphatic heterocycles. The van der Waals surface area contributed by atoms with Gasteiger partial charge in [-0.05, 0) is 72.5 Å². The Labute approximate surface area is 162 Å². The van der Waals surface area contributed by atoms with Gasteiger partial charge in [-0.1, -0.05) is 44.9 Å². The van der Waals surface area contributed by atoms with Crippen LogP contribution >= 0.6 is 0 Å². The van der Waals surface area contributed by atoms with Crippen LogP contribution in [0.4, 0.5) is 0 Å². The number of hydrogen-bond donors (Lipinski definition) is 0. The number of ether oxygens (including phenoxy) is 1. The third kappa shape index (κ3) is 2.09. The highest BCUT2D eigenvalue weighted by molar-refractivity contribution is 5.97. The number of rotatable bonds is 4. The van der Waals surface area contributed by atoms with Crippen LogP contribution < -0.4 is 0 Å². The summed E-state index contributed by atoms with van der Waals surface area (Å²) in [5.41, 5.74) is 2.71. The van der Waals surface area contributed by atoms with Gasteiger partial charge in [0, 0.05) is 0 Å². The van der Waals surface area contributed by atoms with Gasteiger partial charge >= 0.3 is 11.9 Å². The fourth-order valence-electron chi connectivity index (χ4n) is 8.35. The summed E-state index contributed by atoms with van der Waals surface area (Å²) in [4.78, 5) is 24.4. The fourth-order valence-corrected chi connectivity index (χ4v) is 8.35. The summed E-state index contributed by atoms with van der Waals surface area (Å²) in [6, 6.07) is 0. The van der Waals surface area contributed by atoms with Gasteiger partial charge in [-0.15, -0.1) is 6.58 Å². The van der Waals surface area contributed by atoms with Crippen LogP contribution in [0, 0.1) is 52.3 Å². The van der Waals surface area contributed by atoms with Crippen LogP contribution in [0.25, 0.3) is 0 Å². The van der Waals surface area contributed by atoms with Crippen LogP contribution in [0.15, 0.2) is 24.3 Å². The van der Waals surface area contributed by atoms with E-state index in [2.05, 4.69) is 33.4 Å². The predicted octanol–water partition coefficient (Wildman–Crippen LogP) is 4.92. The van der Waals surface area contributed by atoms with Crippen molar-refractivity contribution >= 4 is 11.9 Å². The Balaban J connectivity index is 1.39. The molecule has 9 atom stereocenters. The summed E-state index contributed by atoms with van der Waals surface area (Å²) in [6.07, 6.45) is 11.7. The van der Waals surface area contributed by atoms with Crippen LogP contribution in [0.2, 0.25) is 0 Å². The van der Waals surface area contributed by atoms with Gasteiger partial charge in [0.05, 0.1) is 11.8 Å². The van der Waals surface area contributed by atoms with Crippen molar-refractivity contribution in [2.75, 3.05) is 0 Å². The number of fused-ring (bicyclic) bond motifs is 4. The van der Waals surface area contributed by atoms with E-state index < -0.39 is 0 Å². The Morgan fingerprint density at radius 2 is 1.89 bits per heavy atom. The molecule has 2 bridgehead atoms. The van der Waals surface area contributed by atoms with Gasteiger partial charge in [-0.3, -0.25) is 9.59 Å². The first kappa shape index (κ1) is 17.7. The third-order valence-electron chi connectivity index (χ3n) is 9.45. The largest absolute Gasteiger partial charge is 0.393 e. The van der Waals surface area contributed by atoms with E-state index in [4.69, 9.17) is 4.74 Å². The second kappa shape index (κ2) is 5.58. The number of carbonyl (C=O) groups excluding carboxylic acids is 2. The molecule has 0 aromatic heterocycles. The van der Waals surface area contributed by atoms with Crippen molar-refractivity contribution in [2.45, 2.75) is 59.3 Å². The van der Waals surface area contributed by atoms with Crippen LogP contribution in [-0.2, 0) is 14.3 Å². The second-order valence-electron chi connectivity index (χ2n) is 10.4. The van der Waals surface area contributed by atoms with Crippen LogP contribution in [0.3, 0.4) is 0 Å². The molecular formula is C24H32O3. The lowest BCUT2D eigenvalue weighted by molar-refractivity contribution is -0.154. The van der Waals surface area contributed by atoms with Crippen molar-refractivity contribution in [3.63, 3.8) is 0 Å². The molecule has 5 aliphatic rings. The molecule has 9 unspecified atom stereocenters. The zero-order valence-corrected chi connectivity index (χ0v) is 16.9. The molecule has 1 spiro atoms. The highest BCUT2D eigenvalue weighted by atomic mass is 16.6. The molecule has 1 heterocycles. The van der Waals surface area contributed by atoms with Crippen LogP contribution in [-0.4, -0.2) is 11.9 Å².